The van der Waals surface area contributed by atoms with Gasteiger partial charge in [0.25, 0.3) is 23.6 Å². The van der Waals surface area contributed by atoms with Crippen LogP contribution >= 0.6 is 31.3 Å². The molecule has 0 aromatic carbocycles. The summed E-state index contributed by atoms with van der Waals surface area (Å²) in [6.45, 7) is 1.30. The van der Waals surface area contributed by atoms with Crippen molar-refractivity contribution in [3.8, 4) is 0 Å². The van der Waals surface area contributed by atoms with Crippen molar-refractivity contribution in [3.05, 3.63) is 0 Å². The van der Waals surface area contributed by atoms with Crippen LogP contribution in [0.5, 0.6) is 0 Å². The third-order valence-electron chi connectivity index (χ3n) is 4.01. The molecule has 4 aliphatic rings. The summed E-state index contributed by atoms with van der Waals surface area (Å²) in [7, 11) is -13.7. The first-order valence-corrected chi connectivity index (χ1v) is 18.1. The molecule has 0 bridgehead atoms. The van der Waals surface area contributed by atoms with Crippen LogP contribution in [0.25, 0.3) is 0 Å². The maximum Gasteiger partial charge on any atom is 2.00 e. The molecule has 0 aromatic rings. The Morgan fingerprint density at radius 3 is 0.500 bits per heavy atom. The van der Waals surface area contributed by atoms with Crippen molar-refractivity contribution in [3.63, 3.8) is 0 Å². The van der Waals surface area contributed by atoms with Crippen molar-refractivity contribution < 1.29 is 196 Å². The molecule has 4 rings (SSSR count). The van der Waals surface area contributed by atoms with Crippen molar-refractivity contribution in [2.75, 3.05) is 54.4 Å². The number of aliphatic imine (C=N–C) groups is 4. The van der Waals surface area contributed by atoms with Crippen LogP contribution in [0.15, 0.2) is 20.0 Å². The Hall–Kier alpha value is -1.47. The van der Waals surface area contributed by atoms with Gasteiger partial charge in [-0.15, -0.1) is 0 Å². The third kappa shape index (κ3) is 80.5. The van der Waals surface area contributed by atoms with Gasteiger partial charge in [-0.25, -0.2) is 0 Å². The molecule has 4 heterocycles. The van der Waals surface area contributed by atoms with Crippen LogP contribution in [0, 0.1) is 0 Å². The van der Waals surface area contributed by atoms with Crippen molar-refractivity contribution in [2.45, 2.75) is 0 Å². The quantitative estimate of drug-likeness (QED) is 0.0634. The summed E-state index contributed by atoms with van der Waals surface area (Å²) in [5, 5.41) is 0. The molecule has 4 amide bonds. The molecule has 0 spiro atoms. The second-order valence-electron chi connectivity index (χ2n) is 8.75. The molecule has 60 heavy (non-hydrogen) atoms. The molecule has 0 atom stereocenters. The van der Waals surface area contributed by atoms with Crippen molar-refractivity contribution in [1.29, 1.82) is 0 Å². The maximum atomic E-state index is 10.4. The Morgan fingerprint density at radius 1 is 0.400 bits per heavy atom. The van der Waals surface area contributed by atoms with Gasteiger partial charge >= 0.3 is 77.9 Å². The molecule has 0 unspecified atom stereocenters. The fourth-order valence-electron chi connectivity index (χ4n) is 2.13. The molecule has 0 saturated carbocycles. The topological polar surface area (TPSA) is 700 Å². The van der Waals surface area contributed by atoms with E-state index in [4.69, 9.17) is 99.9 Å². The molecule has 44 heteroatoms. The van der Waals surface area contributed by atoms with Gasteiger partial charge in [0.15, 0.2) is 23.8 Å². The largest absolute Gasteiger partial charge is 2.00 e. The summed E-state index contributed by atoms with van der Waals surface area (Å²) >= 11 is 0. The number of hydrogen-bond donors (Lipinski definition) is 8. The van der Waals surface area contributed by atoms with Crippen LogP contribution < -0.4 is 62.1 Å². The van der Waals surface area contributed by atoms with Gasteiger partial charge in [-0.3, -0.25) is 19.2 Å². The molecule has 0 fully saturated rings. The van der Waals surface area contributed by atoms with Gasteiger partial charge in [0.05, 0.1) is 31.3 Å². The van der Waals surface area contributed by atoms with E-state index in [0.717, 1.165) is 0 Å². The van der Waals surface area contributed by atoms with Crippen LogP contribution in [0.4, 0.5) is 0 Å². The first kappa shape index (κ1) is 89.5. The molecular weight excluding hydrogens is 1130 g/mol. The van der Waals surface area contributed by atoms with Crippen molar-refractivity contribution in [2.24, 2.45) is 42.9 Å². The fraction of sp³-hybridized carbons (Fsp3) is 0.500. The molecular formula is C16H44N12O24P4Zn4+4. The summed E-state index contributed by atoms with van der Waals surface area (Å²) in [6.07, 6.45) is 0. The van der Waals surface area contributed by atoms with Crippen molar-refractivity contribution in [1.82, 2.24) is 19.6 Å². The molecule has 24 N–H and O–H groups in total. The normalized spacial score (nSPS) is 14.3. The first-order chi connectivity index (χ1) is 22.8. The van der Waals surface area contributed by atoms with E-state index in [-0.39, 0.29) is 123 Å². The Labute approximate surface area is 389 Å². The summed E-state index contributed by atoms with van der Waals surface area (Å²) < 4.78 is 34.6. The average Bonchev–Trinajstić information content (AvgIpc) is 3.51. The second-order valence-corrected chi connectivity index (χ2v) is 12.5. The zero-order valence-electron chi connectivity index (χ0n) is 32.0. The average molecular weight is 1170 g/mol. The molecule has 4 aliphatic heterocycles. The van der Waals surface area contributed by atoms with Gasteiger partial charge in [0.2, 0.25) is 0 Å². The number of likely N-dealkylation sites (N-methyl/N-ethyl adjacent to an activating group) is 4. The second kappa shape index (κ2) is 41.5. The van der Waals surface area contributed by atoms with E-state index in [0.29, 0.717) is 50.0 Å². The summed E-state index contributed by atoms with van der Waals surface area (Å²) in [4.78, 5) is 159. The van der Waals surface area contributed by atoms with E-state index in [9.17, 15) is 19.2 Å². The minimum Gasteiger partial charge on any atom is -0.790 e. The van der Waals surface area contributed by atoms with E-state index < -0.39 is 31.3 Å². The van der Waals surface area contributed by atoms with E-state index in [1.54, 1.807) is 47.8 Å². The number of carbonyl (C=O) groups is 4. The summed E-state index contributed by atoms with van der Waals surface area (Å²) in [5.74, 6) is 0.611. The predicted molar refractivity (Wildman–Crippen MR) is 176 cm³/mol. The number of nitrogens with two attached hydrogens (primary N) is 4. The SMILES string of the molecule is CN1CC(=O)N=C1N.CN1CC(=O)N=C1N.CN1CC(=O)N=C1N.CN1CC(=O)N=C1N.O=P([O-])([O-])O.O=P([O-])([O-])O.O=P([O-])([O-])O.O=P([O-])([O-])O.[OH3+].[OH3+].[OH3+].[OH3+].[Zn+2].[Zn+2].[Zn+2].[Zn+2]. The Bertz CT molecular complexity index is 1300. The van der Waals surface area contributed by atoms with Gasteiger partial charge in [0.1, 0.15) is 26.2 Å². The zero-order chi connectivity index (χ0) is 42.6. The molecule has 0 aliphatic carbocycles. The number of hydrogen-bond acceptors (Lipinski definition) is 24. The standard InChI is InChI=1S/4C4H7N3O.4H3O4P.4H2O.4Zn/c4*1-7-2-3(8)6-4(7)5;4*1-5(2,3)4;;;;;;;;/h4*2H2,1H3,(H2,5,6,8);4*(H3,1,2,3,4);4*1H2;;;;/q;;;;;;;;;;;;4*+2/p-4. The number of rotatable bonds is 0. The Balaban J connectivity index is -0.0000000435. The molecule has 0 aromatic heterocycles. The van der Waals surface area contributed by atoms with Crippen LogP contribution in [-0.4, -0.2) is 141 Å². The minimum absolute atomic E-state index is 0. The van der Waals surface area contributed by atoms with E-state index in [2.05, 4.69) is 20.0 Å². The van der Waals surface area contributed by atoms with Gasteiger partial charge in [-0.1, -0.05) is 0 Å². The van der Waals surface area contributed by atoms with Gasteiger partial charge in [0, 0.05) is 28.2 Å². The van der Waals surface area contributed by atoms with E-state index in [1.807, 2.05) is 0 Å². The van der Waals surface area contributed by atoms with Gasteiger partial charge in [-0.05, 0) is 0 Å². The maximum absolute atomic E-state index is 10.4. The van der Waals surface area contributed by atoms with Gasteiger partial charge < -0.3 is 141 Å². The number of nitrogens with zero attached hydrogens (tertiary/aromatic N) is 8. The van der Waals surface area contributed by atoms with Gasteiger partial charge in [-0.2, -0.15) is 20.0 Å². The van der Waals surface area contributed by atoms with Crippen LogP contribution in [0.3, 0.4) is 0 Å². The molecule has 36 nitrogen and oxygen atoms in total. The van der Waals surface area contributed by atoms with Crippen LogP contribution in [-0.2, 0) is 137 Å². The number of phosphoric acid groups is 4. The summed E-state index contributed by atoms with van der Waals surface area (Å²) in [6, 6.07) is 0. The number of carbonyl (C=O) groups excluding carboxylic acids is 4. The number of guanidine groups is 4. The van der Waals surface area contributed by atoms with Crippen LogP contribution in [0.1, 0.15) is 0 Å². The third-order valence-corrected chi connectivity index (χ3v) is 4.01. The van der Waals surface area contributed by atoms with Crippen molar-refractivity contribution >= 4 is 78.8 Å². The monoisotopic (exact) mass is 1170 g/mol. The predicted octanol–water partition coefficient (Wildman–Crippen LogP) is -17.4. The molecule has 0 radical (unpaired) electrons. The summed E-state index contributed by atoms with van der Waals surface area (Å²) in [5.41, 5.74) is 20.9. The fourth-order valence-corrected chi connectivity index (χ4v) is 2.13. The Morgan fingerprint density at radius 2 is 0.483 bits per heavy atom. The molecule has 336 valence electrons. The Kier molecular flexibility index (Phi) is 61.9. The smallest absolute Gasteiger partial charge is 0.790 e. The zero-order valence-corrected chi connectivity index (χ0v) is 47.4. The van der Waals surface area contributed by atoms with E-state index in [1.165, 1.54) is 0 Å². The molecule has 0 saturated heterocycles. The first-order valence-electron chi connectivity index (χ1n) is 12.1. The van der Waals surface area contributed by atoms with E-state index >= 15 is 0 Å². The van der Waals surface area contributed by atoms with Crippen LogP contribution in [0.2, 0.25) is 0 Å². The minimum atomic E-state index is -5.14. The number of amides is 4.